The summed E-state index contributed by atoms with van der Waals surface area (Å²) in [5.74, 6) is 0.728. The summed E-state index contributed by atoms with van der Waals surface area (Å²) in [5.41, 5.74) is 3.52. The first-order valence-electron chi connectivity index (χ1n) is 7.87. The molecule has 0 radical (unpaired) electrons. The van der Waals surface area contributed by atoms with E-state index in [0.717, 1.165) is 23.3 Å². The molecule has 0 unspecified atom stereocenters. The van der Waals surface area contributed by atoms with Crippen LogP contribution in [0.25, 0.3) is 11.0 Å². The van der Waals surface area contributed by atoms with E-state index in [2.05, 4.69) is 17.2 Å². The van der Waals surface area contributed by atoms with Gasteiger partial charge in [-0.05, 0) is 37.3 Å². The number of anilines is 1. The lowest BCUT2D eigenvalue weighted by molar-refractivity contribution is 0.101. The van der Waals surface area contributed by atoms with Gasteiger partial charge in [0.05, 0.1) is 11.0 Å². The van der Waals surface area contributed by atoms with Gasteiger partial charge in [0.25, 0.3) is 5.91 Å². The Kier molecular flexibility index (Phi) is 4.16. The number of nitrogens with one attached hydrogen (secondary N) is 1. The number of hydrogen-bond acceptors (Lipinski definition) is 3. The second-order valence-electron chi connectivity index (χ2n) is 5.74. The van der Waals surface area contributed by atoms with Gasteiger partial charge in [-0.1, -0.05) is 19.1 Å². The molecule has 0 fully saturated rings. The summed E-state index contributed by atoms with van der Waals surface area (Å²) >= 11 is 0. The molecule has 0 saturated carbocycles. The van der Waals surface area contributed by atoms with E-state index in [1.807, 2.05) is 17.7 Å². The van der Waals surface area contributed by atoms with Crippen molar-refractivity contribution in [2.24, 2.45) is 7.05 Å². The Morgan fingerprint density at radius 2 is 1.92 bits per heavy atom. The number of hydrogen-bond donors (Lipinski definition) is 1. The zero-order valence-electron chi connectivity index (χ0n) is 14.0. The van der Waals surface area contributed by atoms with Crippen LogP contribution in [0.15, 0.2) is 42.5 Å². The molecule has 0 aliphatic heterocycles. The van der Waals surface area contributed by atoms with Crippen LogP contribution >= 0.6 is 0 Å². The number of carbonyl (C=O) groups excluding carboxylic acids is 2. The van der Waals surface area contributed by atoms with Crippen molar-refractivity contribution >= 4 is 28.4 Å². The first-order chi connectivity index (χ1) is 11.5. The number of aryl methyl sites for hydroxylation is 2. The Morgan fingerprint density at radius 1 is 1.12 bits per heavy atom. The predicted octanol–water partition coefficient (Wildman–Crippen LogP) is 3.59. The van der Waals surface area contributed by atoms with Crippen LogP contribution in [0.3, 0.4) is 0 Å². The normalized spacial score (nSPS) is 10.8. The summed E-state index contributed by atoms with van der Waals surface area (Å²) in [6.07, 6.45) is 0.838. The highest BCUT2D eigenvalue weighted by Crippen LogP contribution is 2.19. The molecule has 1 heterocycles. The van der Waals surface area contributed by atoms with Gasteiger partial charge in [0.15, 0.2) is 5.78 Å². The summed E-state index contributed by atoms with van der Waals surface area (Å²) < 4.78 is 2.04. The number of nitrogens with zero attached hydrogens (tertiary/aromatic N) is 2. The molecular weight excluding hydrogens is 302 g/mol. The molecule has 0 saturated heterocycles. The quantitative estimate of drug-likeness (QED) is 0.747. The Balaban J connectivity index is 1.88. The maximum Gasteiger partial charge on any atom is 0.255 e. The van der Waals surface area contributed by atoms with Crippen LogP contribution in [-0.4, -0.2) is 21.2 Å². The average molecular weight is 321 g/mol. The number of imidazole rings is 1. The Morgan fingerprint density at radius 3 is 2.62 bits per heavy atom. The second-order valence-corrected chi connectivity index (χ2v) is 5.74. The third-order valence-electron chi connectivity index (χ3n) is 4.08. The fraction of sp³-hybridized carbons (Fsp3) is 0.211. The van der Waals surface area contributed by atoms with Crippen molar-refractivity contribution in [3.05, 3.63) is 59.4 Å². The fourth-order valence-electron chi connectivity index (χ4n) is 2.73. The molecule has 1 amide bonds. The van der Waals surface area contributed by atoms with Gasteiger partial charge in [0.2, 0.25) is 0 Å². The SMILES string of the molecule is CCc1nc2cc(C(=O)Nc3cccc(C(C)=O)c3)ccc2n1C. The summed E-state index contributed by atoms with van der Waals surface area (Å²) in [4.78, 5) is 28.5. The maximum atomic E-state index is 12.5. The number of fused-ring (bicyclic) bond motifs is 1. The molecule has 0 aliphatic rings. The Bertz CT molecular complexity index is 941. The molecule has 1 N–H and O–H groups in total. The number of amides is 1. The van der Waals surface area contributed by atoms with Crippen molar-refractivity contribution in [1.29, 1.82) is 0 Å². The minimum absolute atomic E-state index is 0.0342. The number of aromatic nitrogens is 2. The topological polar surface area (TPSA) is 64.0 Å². The van der Waals surface area contributed by atoms with Crippen molar-refractivity contribution < 1.29 is 9.59 Å². The molecule has 0 bridgehead atoms. The first-order valence-corrected chi connectivity index (χ1v) is 7.87. The van der Waals surface area contributed by atoms with Crippen LogP contribution < -0.4 is 5.32 Å². The third-order valence-corrected chi connectivity index (χ3v) is 4.08. The third kappa shape index (κ3) is 2.93. The highest BCUT2D eigenvalue weighted by Gasteiger charge is 2.11. The number of Topliss-reactive ketones (excluding diaryl/α,β-unsaturated/α-hetero) is 1. The van der Waals surface area contributed by atoms with Crippen LogP contribution in [0.2, 0.25) is 0 Å². The second kappa shape index (κ2) is 6.28. The van der Waals surface area contributed by atoms with E-state index in [0.29, 0.717) is 16.8 Å². The van der Waals surface area contributed by atoms with E-state index in [1.165, 1.54) is 6.92 Å². The van der Waals surface area contributed by atoms with Gasteiger partial charge in [0.1, 0.15) is 5.82 Å². The summed E-state index contributed by atoms with van der Waals surface area (Å²) in [5, 5.41) is 2.83. The first kappa shape index (κ1) is 15.9. The van der Waals surface area contributed by atoms with Crippen LogP contribution in [-0.2, 0) is 13.5 Å². The summed E-state index contributed by atoms with van der Waals surface area (Å²) in [6, 6.07) is 12.4. The number of rotatable bonds is 4. The smallest absolute Gasteiger partial charge is 0.255 e. The van der Waals surface area contributed by atoms with Gasteiger partial charge in [-0.3, -0.25) is 9.59 Å². The molecule has 5 heteroatoms. The van der Waals surface area contributed by atoms with Gasteiger partial charge in [0, 0.05) is 30.3 Å². The highest BCUT2D eigenvalue weighted by molar-refractivity contribution is 6.06. The minimum Gasteiger partial charge on any atom is -0.331 e. The number of carbonyl (C=O) groups is 2. The molecule has 0 aliphatic carbocycles. The molecule has 5 nitrogen and oxygen atoms in total. The van der Waals surface area contributed by atoms with E-state index < -0.39 is 0 Å². The fourth-order valence-corrected chi connectivity index (χ4v) is 2.73. The Hall–Kier alpha value is -2.95. The van der Waals surface area contributed by atoms with Crippen LogP contribution in [0.5, 0.6) is 0 Å². The zero-order chi connectivity index (χ0) is 17.3. The summed E-state index contributed by atoms with van der Waals surface area (Å²) in [7, 11) is 1.97. The van der Waals surface area contributed by atoms with E-state index in [1.54, 1.807) is 36.4 Å². The molecule has 24 heavy (non-hydrogen) atoms. The monoisotopic (exact) mass is 321 g/mol. The van der Waals surface area contributed by atoms with E-state index >= 15 is 0 Å². The van der Waals surface area contributed by atoms with Crippen molar-refractivity contribution in [1.82, 2.24) is 9.55 Å². The van der Waals surface area contributed by atoms with Crippen LogP contribution in [0, 0.1) is 0 Å². The number of ketones is 1. The van der Waals surface area contributed by atoms with Crippen molar-refractivity contribution in [2.45, 2.75) is 20.3 Å². The molecule has 1 aromatic heterocycles. The van der Waals surface area contributed by atoms with Crippen molar-refractivity contribution in [3.8, 4) is 0 Å². The average Bonchev–Trinajstić information content (AvgIpc) is 2.90. The molecular formula is C19H19N3O2. The zero-order valence-corrected chi connectivity index (χ0v) is 14.0. The number of benzene rings is 2. The minimum atomic E-state index is -0.221. The van der Waals surface area contributed by atoms with E-state index in [4.69, 9.17) is 0 Å². The highest BCUT2D eigenvalue weighted by atomic mass is 16.1. The van der Waals surface area contributed by atoms with Crippen molar-refractivity contribution in [3.63, 3.8) is 0 Å². The van der Waals surface area contributed by atoms with Gasteiger partial charge in [-0.2, -0.15) is 0 Å². The Labute approximate surface area is 140 Å². The lowest BCUT2D eigenvalue weighted by Gasteiger charge is -2.06. The standard InChI is InChI=1S/C19H19N3O2/c1-4-18-21-16-11-14(8-9-17(16)22(18)3)19(24)20-15-7-5-6-13(10-15)12(2)23/h5-11H,4H2,1-3H3,(H,20,24). The van der Waals surface area contributed by atoms with Gasteiger partial charge < -0.3 is 9.88 Å². The van der Waals surface area contributed by atoms with Crippen molar-refractivity contribution in [2.75, 3.05) is 5.32 Å². The van der Waals surface area contributed by atoms with Gasteiger partial charge >= 0.3 is 0 Å². The molecule has 0 spiro atoms. The van der Waals surface area contributed by atoms with Crippen LogP contribution in [0.4, 0.5) is 5.69 Å². The maximum absolute atomic E-state index is 12.5. The largest absolute Gasteiger partial charge is 0.331 e. The van der Waals surface area contributed by atoms with Gasteiger partial charge in [-0.25, -0.2) is 4.98 Å². The van der Waals surface area contributed by atoms with E-state index in [9.17, 15) is 9.59 Å². The lowest BCUT2D eigenvalue weighted by atomic mass is 10.1. The molecule has 3 rings (SSSR count). The predicted molar refractivity (Wildman–Crippen MR) is 94.5 cm³/mol. The lowest BCUT2D eigenvalue weighted by Crippen LogP contribution is -2.12. The van der Waals surface area contributed by atoms with Gasteiger partial charge in [-0.15, -0.1) is 0 Å². The van der Waals surface area contributed by atoms with E-state index in [-0.39, 0.29) is 11.7 Å². The molecule has 3 aromatic rings. The molecule has 2 aromatic carbocycles. The summed E-state index contributed by atoms with van der Waals surface area (Å²) in [6.45, 7) is 3.55. The van der Waals surface area contributed by atoms with Crippen LogP contribution in [0.1, 0.15) is 40.4 Å². The molecule has 122 valence electrons. The molecule has 0 atom stereocenters.